The number of amides is 1. The molecule has 0 saturated carbocycles. The van der Waals surface area contributed by atoms with Gasteiger partial charge in [0.1, 0.15) is 0 Å². The number of hydrogen-bond donors (Lipinski definition) is 1. The summed E-state index contributed by atoms with van der Waals surface area (Å²) in [6, 6.07) is 0. The van der Waals surface area contributed by atoms with E-state index in [0.29, 0.717) is 0 Å². The van der Waals surface area contributed by atoms with Gasteiger partial charge in [-0.25, -0.2) is 4.98 Å². The average Bonchev–Trinajstić information content (AvgIpc) is 2.51. The second-order valence-corrected chi connectivity index (χ2v) is 2.89. The largest absolute Gasteiger partial charge is 0.369 e. The number of aromatic nitrogens is 2. The van der Waals surface area contributed by atoms with Crippen LogP contribution in [0.4, 0.5) is 0 Å². The Kier molecular flexibility index (Phi) is 2.85. The lowest BCUT2D eigenvalue weighted by Gasteiger charge is -2.06. The SMILES string of the molecule is CC(CCn1ccnc1)C(N)=O. The molecular formula is C8H13N3O. The summed E-state index contributed by atoms with van der Waals surface area (Å²) in [4.78, 5) is 14.5. The van der Waals surface area contributed by atoms with E-state index in [-0.39, 0.29) is 11.8 Å². The third-order valence-corrected chi connectivity index (χ3v) is 1.87. The summed E-state index contributed by atoms with van der Waals surface area (Å²) in [6.07, 6.45) is 6.09. The van der Waals surface area contributed by atoms with Crippen LogP contribution in [0, 0.1) is 5.92 Å². The van der Waals surface area contributed by atoms with Gasteiger partial charge in [-0.05, 0) is 6.42 Å². The fourth-order valence-electron chi connectivity index (χ4n) is 0.904. The van der Waals surface area contributed by atoms with Crippen molar-refractivity contribution < 1.29 is 4.79 Å². The lowest BCUT2D eigenvalue weighted by atomic mass is 10.1. The van der Waals surface area contributed by atoms with Gasteiger partial charge in [0.2, 0.25) is 5.91 Å². The fourth-order valence-corrected chi connectivity index (χ4v) is 0.904. The minimum absolute atomic E-state index is 0.0626. The van der Waals surface area contributed by atoms with E-state index < -0.39 is 0 Å². The quantitative estimate of drug-likeness (QED) is 0.705. The number of nitrogens with zero attached hydrogens (tertiary/aromatic N) is 2. The molecule has 2 N–H and O–H groups in total. The van der Waals surface area contributed by atoms with Crippen LogP contribution in [0.15, 0.2) is 18.7 Å². The summed E-state index contributed by atoms with van der Waals surface area (Å²) < 4.78 is 1.93. The van der Waals surface area contributed by atoms with Crippen molar-refractivity contribution in [3.05, 3.63) is 18.7 Å². The van der Waals surface area contributed by atoms with Crippen LogP contribution in [-0.4, -0.2) is 15.5 Å². The van der Waals surface area contributed by atoms with Gasteiger partial charge in [0.15, 0.2) is 0 Å². The number of rotatable bonds is 4. The van der Waals surface area contributed by atoms with Gasteiger partial charge < -0.3 is 10.3 Å². The van der Waals surface area contributed by atoms with Crippen molar-refractivity contribution in [2.45, 2.75) is 19.9 Å². The molecule has 0 spiro atoms. The van der Waals surface area contributed by atoms with Gasteiger partial charge in [-0.15, -0.1) is 0 Å². The van der Waals surface area contributed by atoms with Crippen molar-refractivity contribution in [1.29, 1.82) is 0 Å². The van der Waals surface area contributed by atoms with Gasteiger partial charge in [-0.1, -0.05) is 6.92 Å². The van der Waals surface area contributed by atoms with E-state index in [4.69, 9.17) is 5.73 Å². The molecule has 0 aliphatic carbocycles. The lowest BCUT2D eigenvalue weighted by molar-refractivity contribution is -0.121. The van der Waals surface area contributed by atoms with Crippen LogP contribution in [0.2, 0.25) is 0 Å². The first-order valence-electron chi connectivity index (χ1n) is 3.95. The first-order chi connectivity index (χ1) is 5.70. The standard InChI is InChI=1S/C8H13N3O/c1-7(8(9)12)2-4-11-5-3-10-6-11/h3,5-7H,2,4H2,1H3,(H2,9,12). The van der Waals surface area contributed by atoms with Crippen molar-refractivity contribution in [3.8, 4) is 0 Å². The van der Waals surface area contributed by atoms with Gasteiger partial charge in [-0.3, -0.25) is 4.79 Å². The van der Waals surface area contributed by atoms with E-state index in [1.54, 1.807) is 12.5 Å². The highest BCUT2D eigenvalue weighted by atomic mass is 16.1. The minimum Gasteiger partial charge on any atom is -0.369 e. The van der Waals surface area contributed by atoms with Gasteiger partial charge in [0.05, 0.1) is 6.33 Å². The molecule has 0 aliphatic heterocycles. The Bertz CT molecular complexity index is 243. The number of carbonyl (C=O) groups excluding carboxylic acids is 1. The molecular weight excluding hydrogens is 154 g/mol. The Morgan fingerprint density at radius 1 is 1.75 bits per heavy atom. The molecule has 4 heteroatoms. The molecule has 0 radical (unpaired) electrons. The maximum Gasteiger partial charge on any atom is 0.220 e. The lowest BCUT2D eigenvalue weighted by Crippen LogP contribution is -2.21. The predicted molar refractivity (Wildman–Crippen MR) is 45.2 cm³/mol. The monoisotopic (exact) mass is 167 g/mol. The highest BCUT2D eigenvalue weighted by molar-refractivity contribution is 5.76. The van der Waals surface area contributed by atoms with E-state index in [0.717, 1.165) is 13.0 Å². The maximum absolute atomic E-state index is 10.7. The molecule has 0 fully saturated rings. The number of aryl methyl sites for hydroxylation is 1. The van der Waals surface area contributed by atoms with E-state index in [9.17, 15) is 4.79 Å². The van der Waals surface area contributed by atoms with E-state index in [1.165, 1.54) is 0 Å². The van der Waals surface area contributed by atoms with Crippen molar-refractivity contribution in [2.75, 3.05) is 0 Å². The Hall–Kier alpha value is -1.32. The zero-order chi connectivity index (χ0) is 8.97. The number of nitrogens with two attached hydrogens (primary N) is 1. The van der Waals surface area contributed by atoms with Crippen LogP contribution in [0.1, 0.15) is 13.3 Å². The average molecular weight is 167 g/mol. The highest BCUT2D eigenvalue weighted by Gasteiger charge is 2.07. The molecule has 12 heavy (non-hydrogen) atoms. The van der Waals surface area contributed by atoms with Crippen LogP contribution in [0.3, 0.4) is 0 Å². The number of carbonyl (C=O) groups is 1. The molecule has 0 bridgehead atoms. The third-order valence-electron chi connectivity index (χ3n) is 1.87. The maximum atomic E-state index is 10.7. The Morgan fingerprint density at radius 3 is 3.00 bits per heavy atom. The number of hydrogen-bond acceptors (Lipinski definition) is 2. The molecule has 66 valence electrons. The van der Waals surface area contributed by atoms with Crippen LogP contribution in [0.5, 0.6) is 0 Å². The molecule has 1 heterocycles. The van der Waals surface area contributed by atoms with E-state index >= 15 is 0 Å². The molecule has 1 amide bonds. The smallest absolute Gasteiger partial charge is 0.220 e. The van der Waals surface area contributed by atoms with Gasteiger partial charge in [-0.2, -0.15) is 0 Å². The Morgan fingerprint density at radius 2 is 2.50 bits per heavy atom. The molecule has 0 aliphatic rings. The third kappa shape index (κ3) is 2.38. The molecule has 1 aromatic heterocycles. The van der Waals surface area contributed by atoms with Gasteiger partial charge in [0.25, 0.3) is 0 Å². The first-order valence-corrected chi connectivity index (χ1v) is 3.95. The van der Waals surface area contributed by atoms with Gasteiger partial charge >= 0.3 is 0 Å². The zero-order valence-corrected chi connectivity index (χ0v) is 7.10. The second-order valence-electron chi connectivity index (χ2n) is 2.89. The van der Waals surface area contributed by atoms with Crippen LogP contribution >= 0.6 is 0 Å². The normalized spacial score (nSPS) is 12.8. The molecule has 1 unspecified atom stereocenters. The van der Waals surface area contributed by atoms with Crippen molar-refractivity contribution in [3.63, 3.8) is 0 Å². The Balaban J connectivity index is 2.31. The van der Waals surface area contributed by atoms with Gasteiger partial charge in [0, 0.05) is 24.9 Å². The second kappa shape index (κ2) is 3.90. The van der Waals surface area contributed by atoms with Crippen molar-refractivity contribution in [2.24, 2.45) is 11.7 Å². The summed E-state index contributed by atoms with van der Waals surface area (Å²) in [5, 5.41) is 0. The summed E-state index contributed by atoms with van der Waals surface area (Å²) in [5.74, 6) is -0.303. The highest BCUT2D eigenvalue weighted by Crippen LogP contribution is 2.02. The fraction of sp³-hybridized carbons (Fsp3) is 0.500. The van der Waals surface area contributed by atoms with Crippen molar-refractivity contribution in [1.82, 2.24) is 9.55 Å². The molecule has 1 aromatic rings. The summed E-state index contributed by atoms with van der Waals surface area (Å²) in [7, 11) is 0. The Labute approximate surface area is 71.4 Å². The minimum atomic E-state index is -0.241. The topological polar surface area (TPSA) is 60.9 Å². The summed E-state index contributed by atoms with van der Waals surface area (Å²) in [5.41, 5.74) is 5.11. The van der Waals surface area contributed by atoms with Crippen LogP contribution < -0.4 is 5.73 Å². The number of imidazole rings is 1. The molecule has 4 nitrogen and oxygen atoms in total. The number of primary amides is 1. The van der Waals surface area contributed by atoms with Crippen LogP contribution in [0.25, 0.3) is 0 Å². The summed E-state index contributed by atoms with van der Waals surface area (Å²) in [6.45, 7) is 2.63. The molecule has 1 rings (SSSR count). The predicted octanol–water partition coefficient (Wildman–Crippen LogP) is 0.395. The molecule has 0 saturated heterocycles. The first kappa shape index (κ1) is 8.77. The molecule has 0 aromatic carbocycles. The van der Waals surface area contributed by atoms with Crippen LogP contribution in [-0.2, 0) is 11.3 Å². The van der Waals surface area contributed by atoms with E-state index in [1.807, 2.05) is 17.7 Å². The van der Waals surface area contributed by atoms with E-state index in [2.05, 4.69) is 4.98 Å². The summed E-state index contributed by atoms with van der Waals surface area (Å²) >= 11 is 0. The van der Waals surface area contributed by atoms with Crippen molar-refractivity contribution >= 4 is 5.91 Å². The molecule has 1 atom stereocenters. The zero-order valence-electron chi connectivity index (χ0n) is 7.10.